The van der Waals surface area contributed by atoms with Crippen molar-refractivity contribution in [2.45, 2.75) is 44.7 Å². The van der Waals surface area contributed by atoms with Gasteiger partial charge in [-0.05, 0) is 50.1 Å². The van der Waals surface area contributed by atoms with Crippen LogP contribution in [0.15, 0.2) is 77.7 Å². The van der Waals surface area contributed by atoms with Gasteiger partial charge in [0.05, 0.1) is 20.6 Å². The number of carbonyl (C=O) groups excluding carboxylic acids is 2. The Morgan fingerprint density at radius 3 is 2.32 bits per heavy atom. The Balaban J connectivity index is 2.05. The van der Waals surface area contributed by atoms with E-state index in [0.717, 1.165) is 21.9 Å². The minimum Gasteiger partial charge on any atom is -0.354 e. The maximum atomic E-state index is 13.9. The lowest BCUT2D eigenvalue weighted by Gasteiger charge is -2.32. The number of nitrogens with zero attached hydrogens (tertiary/aromatic N) is 2. The van der Waals surface area contributed by atoms with E-state index >= 15 is 0 Å². The molecule has 10 heteroatoms. The molecular weight excluding hydrogens is 545 g/mol. The van der Waals surface area contributed by atoms with Gasteiger partial charge in [0.15, 0.2) is 0 Å². The second-order valence-corrected chi connectivity index (χ2v) is 11.5. The Kier molecular flexibility index (Phi) is 10.2. The maximum absolute atomic E-state index is 13.9. The van der Waals surface area contributed by atoms with Crippen LogP contribution in [0.5, 0.6) is 0 Å². The fourth-order valence-corrected chi connectivity index (χ4v) is 5.80. The second kappa shape index (κ2) is 13.1. The maximum Gasteiger partial charge on any atom is 0.264 e. The van der Waals surface area contributed by atoms with E-state index in [1.54, 1.807) is 31.2 Å². The smallest absolute Gasteiger partial charge is 0.264 e. The summed E-state index contributed by atoms with van der Waals surface area (Å²) in [7, 11) is -4.22. The van der Waals surface area contributed by atoms with E-state index in [1.165, 1.54) is 29.2 Å². The lowest BCUT2D eigenvalue weighted by molar-refractivity contribution is -0.139. The van der Waals surface area contributed by atoms with Crippen molar-refractivity contribution in [1.82, 2.24) is 10.2 Å². The number of sulfonamides is 1. The summed E-state index contributed by atoms with van der Waals surface area (Å²) in [6.45, 7) is 5.48. The summed E-state index contributed by atoms with van der Waals surface area (Å²) in [5, 5.41) is 2.97. The molecule has 0 saturated heterocycles. The van der Waals surface area contributed by atoms with E-state index < -0.39 is 28.5 Å². The first-order chi connectivity index (χ1) is 18.1. The summed E-state index contributed by atoms with van der Waals surface area (Å²) in [6.07, 6.45) is 0.737. The molecule has 0 radical (unpaired) electrons. The standard InChI is InChI=1S/C28H31Cl2N3O4S/c1-4-16-31-28(35)21(3)32(18-22-11-8-10-20(2)17-22)26(34)19-33(25-15-9-14-24(29)27(25)30)38(36,37)23-12-6-5-7-13-23/h5-15,17,21H,4,16,18-19H2,1-3H3,(H,31,35)/t21-/m0/s1. The van der Waals surface area contributed by atoms with Crippen molar-refractivity contribution in [3.05, 3.63) is 94.0 Å². The lowest BCUT2D eigenvalue weighted by Crippen LogP contribution is -2.51. The molecule has 0 aliphatic rings. The number of rotatable bonds is 11. The molecule has 7 nitrogen and oxygen atoms in total. The third kappa shape index (κ3) is 7.07. The summed E-state index contributed by atoms with van der Waals surface area (Å²) in [4.78, 5) is 28.1. The zero-order valence-corrected chi connectivity index (χ0v) is 23.9. The number of amides is 2. The van der Waals surface area contributed by atoms with Gasteiger partial charge >= 0.3 is 0 Å². The first-order valence-corrected chi connectivity index (χ1v) is 14.4. The summed E-state index contributed by atoms with van der Waals surface area (Å²) >= 11 is 12.6. The Morgan fingerprint density at radius 2 is 1.66 bits per heavy atom. The van der Waals surface area contributed by atoms with Crippen molar-refractivity contribution in [2.24, 2.45) is 0 Å². The van der Waals surface area contributed by atoms with Crippen LogP contribution < -0.4 is 9.62 Å². The Bertz CT molecular complexity index is 1380. The zero-order chi connectivity index (χ0) is 27.9. The summed E-state index contributed by atoms with van der Waals surface area (Å²) in [6, 6.07) is 19.1. The molecule has 0 unspecified atom stereocenters. The van der Waals surface area contributed by atoms with Crippen molar-refractivity contribution in [3.8, 4) is 0 Å². The molecular formula is C28H31Cl2N3O4S. The molecule has 2 amide bonds. The first-order valence-electron chi connectivity index (χ1n) is 12.2. The predicted molar refractivity (Wildman–Crippen MR) is 152 cm³/mol. The average molecular weight is 577 g/mol. The van der Waals surface area contributed by atoms with Crippen LogP contribution in [0.2, 0.25) is 10.0 Å². The quantitative estimate of drug-likeness (QED) is 0.330. The van der Waals surface area contributed by atoms with Gasteiger partial charge in [-0.3, -0.25) is 13.9 Å². The Morgan fingerprint density at radius 1 is 0.974 bits per heavy atom. The van der Waals surface area contributed by atoms with E-state index in [9.17, 15) is 18.0 Å². The van der Waals surface area contributed by atoms with Gasteiger partial charge in [-0.25, -0.2) is 8.42 Å². The summed E-state index contributed by atoms with van der Waals surface area (Å²) in [5.41, 5.74) is 1.87. The molecule has 0 bridgehead atoms. The molecule has 3 rings (SSSR count). The van der Waals surface area contributed by atoms with E-state index in [-0.39, 0.29) is 33.1 Å². The van der Waals surface area contributed by atoms with Crippen LogP contribution >= 0.6 is 23.2 Å². The number of hydrogen-bond donors (Lipinski definition) is 1. The minimum atomic E-state index is -4.22. The van der Waals surface area contributed by atoms with Crippen LogP contribution in [0.3, 0.4) is 0 Å². The number of halogens is 2. The van der Waals surface area contributed by atoms with Gasteiger partial charge in [-0.1, -0.05) is 84.2 Å². The predicted octanol–water partition coefficient (Wildman–Crippen LogP) is 5.44. The highest BCUT2D eigenvalue weighted by atomic mass is 35.5. The van der Waals surface area contributed by atoms with E-state index in [1.807, 2.05) is 38.1 Å². The molecule has 1 atom stereocenters. The fraction of sp³-hybridized carbons (Fsp3) is 0.286. The minimum absolute atomic E-state index is 0.000411. The lowest BCUT2D eigenvalue weighted by atomic mass is 10.1. The second-order valence-electron chi connectivity index (χ2n) is 8.88. The number of benzene rings is 3. The highest BCUT2D eigenvalue weighted by molar-refractivity contribution is 7.92. The van der Waals surface area contributed by atoms with Crippen molar-refractivity contribution in [2.75, 3.05) is 17.4 Å². The number of carbonyl (C=O) groups is 2. The Labute approximate surface area is 234 Å². The molecule has 3 aromatic carbocycles. The molecule has 1 N–H and O–H groups in total. The van der Waals surface area contributed by atoms with Gasteiger partial charge in [-0.2, -0.15) is 0 Å². The largest absolute Gasteiger partial charge is 0.354 e. The Hall–Kier alpha value is -3.07. The molecule has 0 spiro atoms. The summed E-state index contributed by atoms with van der Waals surface area (Å²) in [5.74, 6) is -0.896. The topological polar surface area (TPSA) is 86.8 Å². The van der Waals surface area contributed by atoms with Crippen LogP contribution in [0.1, 0.15) is 31.4 Å². The van der Waals surface area contributed by atoms with E-state index in [0.29, 0.717) is 6.54 Å². The summed E-state index contributed by atoms with van der Waals surface area (Å²) < 4.78 is 28.5. The monoisotopic (exact) mass is 575 g/mol. The molecule has 0 saturated carbocycles. The SMILES string of the molecule is CCCNC(=O)[C@H](C)N(Cc1cccc(C)c1)C(=O)CN(c1cccc(Cl)c1Cl)S(=O)(=O)c1ccccc1. The highest BCUT2D eigenvalue weighted by Crippen LogP contribution is 2.35. The number of hydrogen-bond acceptors (Lipinski definition) is 4. The van der Waals surface area contributed by atoms with Crippen LogP contribution in [0, 0.1) is 6.92 Å². The van der Waals surface area contributed by atoms with Crippen molar-refractivity contribution in [3.63, 3.8) is 0 Å². The number of aryl methyl sites for hydroxylation is 1. The third-order valence-electron chi connectivity index (χ3n) is 5.96. The van der Waals surface area contributed by atoms with Crippen molar-refractivity contribution < 1.29 is 18.0 Å². The van der Waals surface area contributed by atoms with Gasteiger partial charge < -0.3 is 10.2 Å². The molecule has 0 aliphatic heterocycles. The van der Waals surface area contributed by atoms with Crippen molar-refractivity contribution >= 4 is 50.7 Å². The average Bonchev–Trinajstić information content (AvgIpc) is 2.90. The van der Waals surface area contributed by atoms with Crippen LogP contribution in [-0.2, 0) is 26.2 Å². The van der Waals surface area contributed by atoms with Gasteiger partial charge in [0, 0.05) is 13.1 Å². The fourth-order valence-electron chi connectivity index (χ4n) is 3.90. The van der Waals surface area contributed by atoms with Crippen molar-refractivity contribution in [1.29, 1.82) is 0 Å². The van der Waals surface area contributed by atoms with Gasteiger partial charge in [0.25, 0.3) is 10.0 Å². The highest BCUT2D eigenvalue weighted by Gasteiger charge is 2.33. The van der Waals surface area contributed by atoms with Crippen LogP contribution in [0.4, 0.5) is 5.69 Å². The molecule has 0 aromatic heterocycles. The van der Waals surface area contributed by atoms with Gasteiger partial charge in [-0.15, -0.1) is 0 Å². The molecule has 0 aliphatic carbocycles. The van der Waals surface area contributed by atoms with E-state index in [2.05, 4.69) is 5.32 Å². The van der Waals surface area contributed by atoms with Crippen LogP contribution in [0.25, 0.3) is 0 Å². The van der Waals surface area contributed by atoms with Gasteiger partial charge in [0.1, 0.15) is 12.6 Å². The molecule has 38 heavy (non-hydrogen) atoms. The zero-order valence-electron chi connectivity index (χ0n) is 21.5. The third-order valence-corrected chi connectivity index (χ3v) is 8.54. The molecule has 0 fully saturated rings. The van der Waals surface area contributed by atoms with Gasteiger partial charge in [0.2, 0.25) is 11.8 Å². The molecule has 0 heterocycles. The number of nitrogens with one attached hydrogen (secondary N) is 1. The normalized spacial score (nSPS) is 12.0. The first kappa shape index (κ1) is 29.5. The number of anilines is 1. The van der Waals surface area contributed by atoms with Crippen LogP contribution in [-0.4, -0.2) is 44.3 Å². The molecule has 202 valence electrons. The molecule has 3 aromatic rings. The van der Waals surface area contributed by atoms with E-state index in [4.69, 9.17) is 23.2 Å².